The Morgan fingerprint density at radius 3 is 2.58 bits per heavy atom. The lowest BCUT2D eigenvalue weighted by Crippen LogP contribution is -2.14. The van der Waals surface area contributed by atoms with Crippen molar-refractivity contribution in [3.8, 4) is 11.8 Å². The van der Waals surface area contributed by atoms with Gasteiger partial charge in [0.2, 0.25) is 0 Å². The summed E-state index contributed by atoms with van der Waals surface area (Å²) in [6, 6.07) is 12.8. The zero-order valence-corrected chi connectivity index (χ0v) is 14.4. The SMILES string of the molecule is COc1cc(Cl)c(C)cc1NC(=O)/C(C#N)=C/c1ccccc1C. The van der Waals surface area contributed by atoms with Crippen LogP contribution in [0, 0.1) is 25.2 Å². The molecule has 0 aliphatic rings. The van der Waals surface area contributed by atoms with E-state index in [2.05, 4.69) is 5.32 Å². The summed E-state index contributed by atoms with van der Waals surface area (Å²) < 4.78 is 5.23. The molecule has 0 bridgehead atoms. The first-order chi connectivity index (χ1) is 11.5. The van der Waals surface area contributed by atoms with Crippen molar-refractivity contribution in [1.82, 2.24) is 0 Å². The minimum Gasteiger partial charge on any atom is -0.495 e. The molecule has 0 aliphatic heterocycles. The molecule has 122 valence electrons. The molecule has 0 aromatic heterocycles. The largest absolute Gasteiger partial charge is 0.495 e. The molecule has 0 saturated carbocycles. The van der Waals surface area contributed by atoms with E-state index in [4.69, 9.17) is 16.3 Å². The van der Waals surface area contributed by atoms with E-state index in [1.54, 1.807) is 18.2 Å². The Morgan fingerprint density at radius 2 is 1.96 bits per heavy atom. The number of nitrogens with one attached hydrogen (secondary N) is 1. The fourth-order valence-corrected chi connectivity index (χ4v) is 2.33. The molecule has 2 aromatic rings. The van der Waals surface area contributed by atoms with Crippen LogP contribution in [0.5, 0.6) is 5.75 Å². The molecule has 0 saturated heterocycles. The number of hydrogen-bond donors (Lipinski definition) is 1. The highest BCUT2D eigenvalue weighted by Gasteiger charge is 2.14. The highest BCUT2D eigenvalue weighted by atomic mass is 35.5. The molecule has 2 rings (SSSR count). The zero-order valence-electron chi connectivity index (χ0n) is 13.7. The monoisotopic (exact) mass is 340 g/mol. The van der Waals surface area contributed by atoms with Crippen molar-refractivity contribution in [2.24, 2.45) is 0 Å². The summed E-state index contributed by atoms with van der Waals surface area (Å²) in [5, 5.41) is 12.6. The molecule has 24 heavy (non-hydrogen) atoms. The Hall–Kier alpha value is -2.77. The summed E-state index contributed by atoms with van der Waals surface area (Å²) in [5.41, 5.74) is 3.09. The van der Waals surface area contributed by atoms with Gasteiger partial charge in [0.1, 0.15) is 17.4 Å². The molecule has 0 aliphatic carbocycles. The summed E-state index contributed by atoms with van der Waals surface area (Å²) >= 11 is 6.06. The van der Waals surface area contributed by atoms with Gasteiger partial charge in [0.15, 0.2) is 0 Å². The second kappa shape index (κ2) is 7.67. The lowest BCUT2D eigenvalue weighted by atomic mass is 10.1. The van der Waals surface area contributed by atoms with Crippen molar-refractivity contribution in [3.63, 3.8) is 0 Å². The summed E-state index contributed by atoms with van der Waals surface area (Å²) in [4.78, 5) is 12.4. The quantitative estimate of drug-likeness (QED) is 0.658. The Morgan fingerprint density at radius 1 is 1.25 bits per heavy atom. The molecule has 0 spiro atoms. The van der Waals surface area contributed by atoms with Gasteiger partial charge >= 0.3 is 0 Å². The number of anilines is 1. The van der Waals surface area contributed by atoms with Gasteiger partial charge in [-0.2, -0.15) is 5.26 Å². The number of rotatable bonds is 4. The summed E-state index contributed by atoms with van der Waals surface area (Å²) in [7, 11) is 1.49. The maximum atomic E-state index is 12.4. The summed E-state index contributed by atoms with van der Waals surface area (Å²) in [6.45, 7) is 3.75. The molecule has 1 amide bonds. The highest BCUT2D eigenvalue weighted by molar-refractivity contribution is 6.31. The third kappa shape index (κ3) is 3.95. The summed E-state index contributed by atoms with van der Waals surface area (Å²) in [5.74, 6) is -0.0621. The summed E-state index contributed by atoms with van der Waals surface area (Å²) in [6.07, 6.45) is 1.57. The number of aryl methyl sites for hydroxylation is 2. The van der Waals surface area contributed by atoms with E-state index in [0.29, 0.717) is 16.5 Å². The number of ether oxygens (including phenoxy) is 1. The minimum absolute atomic E-state index is 0.0129. The Labute approximate surface area is 146 Å². The van der Waals surface area contributed by atoms with Crippen LogP contribution in [0.2, 0.25) is 5.02 Å². The lowest BCUT2D eigenvalue weighted by molar-refractivity contribution is -0.112. The Balaban J connectivity index is 2.33. The number of nitriles is 1. The Bertz CT molecular complexity index is 851. The van der Waals surface area contributed by atoms with Gasteiger partial charge in [-0.1, -0.05) is 35.9 Å². The van der Waals surface area contributed by atoms with Crippen LogP contribution in [0.4, 0.5) is 5.69 Å². The standard InChI is InChI=1S/C19H17ClN2O2/c1-12-6-4-5-7-14(12)9-15(11-21)19(23)22-17-8-13(2)16(20)10-18(17)24-3/h4-10H,1-3H3,(H,22,23)/b15-9+. The third-order valence-electron chi connectivity index (χ3n) is 3.58. The molecule has 0 unspecified atom stereocenters. The van der Waals surface area contributed by atoms with Crippen molar-refractivity contribution < 1.29 is 9.53 Å². The van der Waals surface area contributed by atoms with Crippen molar-refractivity contribution >= 4 is 29.3 Å². The molecule has 5 heteroatoms. The van der Waals surface area contributed by atoms with E-state index in [0.717, 1.165) is 16.7 Å². The van der Waals surface area contributed by atoms with E-state index in [9.17, 15) is 10.1 Å². The van der Waals surface area contributed by atoms with Crippen molar-refractivity contribution in [2.75, 3.05) is 12.4 Å². The molecule has 4 nitrogen and oxygen atoms in total. The number of nitrogens with zero attached hydrogens (tertiary/aromatic N) is 1. The number of methoxy groups -OCH3 is 1. The number of carbonyl (C=O) groups is 1. The van der Waals surface area contributed by atoms with E-state index in [1.807, 2.05) is 44.2 Å². The number of amides is 1. The minimum atomic E-state index is -0.499. The predicted molar refractivity (Wildman–Crippen MR) is 96.1 cm³/mol. The van der Waals surface area contributed by atoms with Crippen molar-refractivity contribution in [3.05, 3.63) is 63.7 Å². The number of hydrogen-bond acceptors (Lipinski definition) is 3. The molecule has 0 radical (unpaired) electrons. The third-order valence-corrected chi connectivity index (χ3v) is 3.99. The van der Waals surface area contributed by atoms with Gasteiger partial charge in [-0.25, -0.2) is 0 Å². The lowest BCUT2D eigenvalue weighted by Gasteiger charge is -2.12. The maximum Gasteiger partial charge on any atom is 0.266 e. The van der Waals surface area contributed by atoms with Crippen LogP contribution < -0.4 is 10.1 Å². The van der Waals surface area contributed by atoms with Gasteiger partial charge in [0.05, 0.1) is 12.8 Å². The van der Waals surface area contributed by atoms with Crippen LogP contribution >= 0.6 is 11.6 Å². The first-order valence-electron chi connectivity index (χ1n) is 7.29. The van der Waals surface area contributed by atoms with Crippen LogP contribution in [0.3, 0.4) is 0 Å². The second-order valence-corrected chi connectivity index (χ2v) is 5.69. The average molecular weight is 341 g/mol. The molecule has 0 atom stereocenters. The maximum absolute atomic E-state index is 12.4. The molecule has 1 N–H and O–H groups in total. The first kappa shape index (κ1) is 17.6. The molecular weight excluding hydrogens is 324 g/mol. The van der Waals surface area contributed by atoms with Gasteiger partial charge in [-0.3, -0.25) is 4.79 Å². The molecule has 2 aromatic carbocycles. The van der Waals surface area contributed by atoms with E-state index in [-0.39, 0.29) is 5.57 Å². The van der Waals surface area contributed by atoms with Crippen LogP contribution in [0.25, 0.3) is 6.08 Å². The van der Waals surface area contributed by atoms with Gasteiger partial charge in [-0.15, -0.1) is 0 Å². The van der Waals surface area contributed by atoms with Crippen LogP contribution in [-0.2, 0) is 4.79 Å². The normalized spacial score (nSPS) is 10.9. The van der Waals surface area contributed by atoms with E-state index in [1.165, 1.54) is 7.11 Å². The van der Waals surface area contributed by atoms with Crippen LogP contribution in [-0.4, -0.2) is 13.0 Å². The molecule has 0 fully saturated rings. The average Bonchev–Trinajstić information content (AvgIpc) is 2.57. The van der Waals surface area contributed by atoms with Crippen LogP contribution in [0.1, 0.15) is 16.7 Å². The van der Waals surface area contributed by atoms with Gasteiger partial charge < -0.3 is 10.1 Å². The fraction of sp³-hybridized carbons (Fsp3) is 0.158. The molecular formula is C19H17ClN2O2. The number of carbonyl (C=O) groups excluding carboxylic acids is 1. The highest BCUT2D eigenvalue weighted by Crippen LogP contribution is 2.31. The predicted octanol–water partition coefficient (Wildman–Crippen LogP) is 4.51. The number of benzene rings is 2. The van der Waals surface area contributed by atoms with Gasteiger partial charge in [-0.05, 0) is 42.7 Å². The van der Waals surface area contributed by atoms with Gasteiger partial charge in [0.25, 0.3) is 5.91 Å². The van der Waals surface area contributed by atoms with E-state index < -0.39 is 5.91 Å². The molecule has 0 heterocycles. The Kier molecular flexibility index (Phi) is 5.62. The topological polar surface area (TPSA) is 62.1 Å². The van der Waals surface area contributed by atoms with Crippen molar-refractivity contribution in [1.29, 1.82) is 5.26 Å². The first-order valence-corrected chi connectivity index (χ1v) is 7.67. The zero-order chi connectivity index (χ0) is 17.7. The van der Waals surface area contributed by atoms with Crippen molar-refractivity contribution in [2.45, 2.75) is 13.8 Å². The second-order valence-electron chi connectivity index (χ2n) is 5.28. The van der Waals surface area contributed by atoms with Gasteiger partial charge in [0, 0.05) is 11.1 Å². The fourth-order valence-electron chi connectivity index (χ4n) is 2.17. The van der Waals surface area contributed by atoms with Crippen LogP contribution in [0.15, 0.2) is 42.0 Å². The smallest absolute Gasteiger partial charge is 0.266 e. The number of halogens is 1. The van der Waals surface area contributed by atoms with E-state index >= 15 is 0 Å².